The summed E-state index contributed by atoms with van der Waals surface area (Å²) in [5, 5.41) is 23.6. The number of carbonyl (C=O) groups is 4. The number of amides is 4. The molecule has 2 aromatic carbocycles. The Balaban J connectivity index is 0.000000180. The topological polar surface area (TPSA) is 129 Å². The summed E-state index contributed by atoms with van der Waals surface area (Å²) < 4.78 is 4.63. The Hall–Kier alpha value is -3.95. The second kappa shape index (κ2) is 23.5. The summed E-state index contributed by atoms with van der Waals surface area (Å²) in [6, 6.07) is 14.1. The molecule has 6 heterocycles. The lowest BCUT2D eigenvalue weighted by molar-refractivity contribution is -0.910. The van der Waals surface area contributed by atoms with E-state index in [2.05, 4.69) is 50.1 Å². The number of halogens is 5. The Morgan fingerprint density at radius 2 is 1.01 bits per heavy atom. The number of rotatable bonds is 6. The molecule has 2 atom stereocenters. The van der Waals surface area contributed by atoms with Crippen molar-refractivity contribution in [2.75, 3.05) is 52.4 Å². The van der Waals surface area contributed by atoms with Gasteiger partial charge in [0.2, 0.25) is 47.4 Å². The summed E-state index contributed by atoms with van der Waals surface area (Å²) in [6.45, 7) is 9.11. The fourth-order valence-electron chi connectivity index (χ4n) is 13.0. The van der Waals surface area contributed by atoms with Gasteiger partial charge < -0.3 is 19.6 Å². The van der Waals surface area contributed by atoms with Crippen molar-refractivity contribution in [3.05, 3.63) is 124 Å². The molecule has 10 rings (SSSR count). The number of hydrogen-bond acceptors (Lipinski definition) is 6. The summed E-state index contributed by atoms with van der Waals surface area (Å²) in [6.07, 6.45) is 14.8. The van der Waals surface area contributed by atoms with Crippen LogP contribution in [0.3, 0.4) is 0 Å². The number of fused-ring (bicyclic) bond motifs is 4. The lowest BCUT2D eigenvalue weighted by Crippen LogP contribution is -2.44. The van der Waals surface area contributed by atoms with Crippen molar-refractivity contribution in [2.45, 2.75) is 116 Å². The van der Waals surface area contributed by atoms with E-state index >= 15 is 0 Å². The smallest absolute Gasteiger partial charge is 0.245 e. The van der Waals surface area contributed by atoms with Gasteiger partial charge in [0.15, 0.2) is 0 Å². The van der Waals surface area contributed by atoms with E-state index in [-0.39, 0.29) is 41.4 Å². The number of nitrogens with zero attached hydrogens (tertiary/aromatic N) is 6. The first kappa shape index (κ1) is 53.9. The van der Waals surface area contributed by atoms with Crippen molar-refractivity contribution < 1.29 is 39.1 Å². The van der Waals surface area contributed by atoms with Gasteiger partial charge in [-0.05, 0) is 159 Å². The molecule has 0 radical (unpaired) electrons. The van der Waals surface area contributed by atoms with Crippen LogP contribution >= 0.6 is 66.7 Å². The van der Waals surface area contributed by atoms with E-state index in [1.165, 1.54) is 32.3 Å². The Morgan fingerprint density at radius 3 is 1.55 bits per heavy atom. The Morgan fingerprint density at radius 1 is 0.562 bits per heavy atom. The molecule has 2 aliphatic carbocycles. The van der Waals surface area contributed by atoms with Crippen LogP contribution in [-0.2, 0) is 44.9 Å². The fraction of sp³-hybridized carbons (Fsp3) is 0.536. The summed E-state index contributed by atoms with van der Waals surface area (Å²) >= 11 is 27.0. The van der Waals surface area contributed by atoms with Crippen LogP contribution in [0, 0.1) is 23.7 Å². The van der Waals surface area contributed by atoms with Crippen LogP contribution in [0.1, 0.15) is 135 Å². The van der Waals surface area contributed by atoms with Crippen LogP contribution in [0.25, 0.3) is 0 Å². The maximum absolute atomic E-state index is 13.2. The number of benzene rings is 2. The molecule has 17 heteroatoms. The van der Waals surface area contributed by atoms with E-state index in [9.17, 15) is 29.6 Å². The first-order chi connectivity index (χ1) is 35.0. The predicted octanol–water partition coefficient (Wildman–Crippen LogP) is 10.1. The number of pyridine rings is 2. The molecule has 2 N–H and O–H groups in total. The first-order valence-electron chi connectivity index (χ1n) is 26.2. The van der Waals surface area contributed by atoms with Crippen molar-refractivity contribution in [3.63, 3.8) is 0 Å². The standard InChI is InChI=1S/C28H34Br2N3O3.C28H33Cl3N3O3/c1-18(34)31-11-6-19(7-12-31)15-25(35)32-13-8-20(9-14-32)27-26-22(16-23(29)17-24(26)30)5-4-21-3-2-10-33(36)28(21)27;1-17(35)32-8-4-18(5-9-32)12-25(36)33-10-6-19(7-11-33)27-26-20(13-22(29)15-24(26)31)2-3-21-14-23(30)16-34(37)28(21)27/h2-3,10,16-17,19-20,27,36H,4-9,11-15H2,1H3;13-16,18-19,27,37H,2-12H2,1H3/q2*+1/t2*27-/m11/s1. The van der Waals surface area contributed by atoms with Crippen LogP contribution in [0.2, 0.25) is 15.1 Å². The zero-order valence-corrected chi connectivity index (χ0v) is 47.3. The first-order valence-corrected chi connectivity index (χ1v) is 28.9. The molecule has 4 amide bonds. The highest BCUT2D eigenvalue weighted by Crippen LogP contribution is 2.47. The SMILES string of the molecule is CC(=O)N1CCC(CC(=O)N2CCC([C@@H]3c4c(Br)cc(Br)cc4CCc4ccc[n+](O)c43)CC2)CC1.CC(=O)N1CCC(CC(=O)N2CCC([C@@H]3c4c(Cl)cc(Cl)cc4CCc4cc(Cl)c[n+](O)c43)CC2)CC1. The Kier molecular flexibility index (Phi) is 17.4. The number of aryl methyl sites for hydroxylation is 4. The maximum atomic E-state index is 13.2. The molecule has 0 unspecified atom stereocenters. The third-order valence-electron chi connectivity index (χ3n) is 16.9. The largest absolute Gasteiger partial charge is 0.343 e. The van der Waals surface area contributed by atoms with Crippen LogP contribution < -0.4 is 9.46 Å². The van der Waals surface area contributed by atoms with E-state index in [1.807, 2.05) is 37.8 Å². The molecule has 4 fully saturated rings. The normalized spacial score (nSPS) is 20.9. The summed E-state index contributed by atoms with van der Waals surface area (Å²) in [7, 11) is 0. The molecular formula is C56H67Br2Cl3N6O6+2. The molecule has 4 aromatic rings. The highest BCUT2D eigenvalue weighted by atomic mass is 79.9. The quantitative estimate of drug-likeness (QED) is 0.146. The lowest BCUT2D eigenvalue weighted by Gasteiger charge is -2.37. The van der Waals surface area contributed by atoms with Crippen molar-refractivity contribution in [3.8, 4) is 0 Å². The van der Waals surface area contributed by atoms with Gasteiger partial charge in [0, 0.05) is 125 Å². The monoisotopic (exact) mass is 1180 g/mol. The second-order valence-corrected chi connectivity index (χ2v) is 24.3. The van der Waals surface area contributed by atoms with Gasteiger partial charge in [-0.3, -0.25) is 29.6 Å². The molecule has 73 heavy (non-hydrogen) atoms. The molecule has 0 spiro atoms. The van der Waals surface area contributed by atoms with Gasteiger partial charge in [-0.1, -0.05) is 66.7 Å². The third kappa shape index (κ3) is 12.2. The molecule has 4 aliphatic heterocycles. The van der Waals surface area contributed by atoms with Crippen LogP contribution in [0.4, 0.5) is 0 Å². The van der Waals surface area contributed by atoms with Crippen molar-refractivity contribution in [1.29, 1.82) is 0 Å². The molecule has 4 saturated heterocycles. The van der Waals surface area contributed by atoms with E-state index in [1.54, 1.807) is 26.1 Å². The highest BCUT2D eigenvalue weighted by molar-refractivity contribution is 9.11. The van der Waals surface area contributed by atoms with E-state index in [4.69, 9.17) is 34.8 Å². The zero-order chi connectivity index (χ0) is 51.7. The summed E-state index contributed by atoms with van der Waals surface area (Å²) in [5.74, 6) is 1.89. The third-order valence-corrected chi connectivity index (χ3v) is 18.8. The molecule has 12 nitrogen and oxygen atoms in total. The van der Waals surface area contributed by atoms with Gasteiger partial charge in [0.1, 0.15) is 5.02 Å². The fourth-order valence-corrected chi connectivity index (χ4v) is 15.4. The predicted molar refractivity (Wildman–Crippen MR) is 287 cm³/mol. The van der Waals surface area contributed by atoms with Crippen molar-refractivity contribution in [1.82, 2.24) is 19.6 Å². The van der Waals surface area contributed by atoms with Gasteiger partial charge in [-0.15, -0.1) is 0 Å². The minimum Gasteiger partial charge on any atom is -0.343 e. The van der Waals surface area contributed by atoms with Gasteiger partial charge in [-0.2, -0.15) is 0 Å². The number of carbonyl (C=O) groups excluding carboxylic acids is 4. The number of likely N-dealkylation sites (tertiary alicyclic amines) is 4. The lowest BCUT2D eigenvalue weighted by atomic mass is 9.76. The molecule has 390 valence electrons. The van der Waals surface area contributed by atoms with Crippen LogP contribution in [0.15, 0.2) is 63.8 Å². The molecule has 6 aliphatic rings. The average molecular weight is 1190 g/mol. The number of aromatic nitrogens is 2. The van der Waals surface area contributed by atoms with E-state index < -0.39 is 0 Å². The molecule has 0 bridgehead atoms. The van der Waals surface area contributed by atoms with Gasteiger partial charge in [0.25, 0.3) is 0 Å². The minimum absolute atomic E-state index is 0.0688. The maximum Gasteiger partial charge on any atom is 0.245 e. The molecule has 2 aromatic heterocycles. The number of piperidine rings is 4. The van der Waals surface area contributed by atoms with Gasteiger partial charge in [0.05, 0.1) is 11.8 Å². The van der Waals surface area contributed by atoms with Crippen molar-refractivity contribution in [2.24, 2.45) is 23.7 Å². The minimum atomic E-state index is -0.118. The number of hydrogen-bond donors (Lipinski definition) is 2. The van der Waals surface area contributed by atoms with Crippen molar-refractivity contribution >= 4 is 90.3 Å². The van der Waals surface area contributed by atoms with E-state index in [0.29, 0.717) is 58.8 Å². The van der Waals surface area contributed by atoms with E-state index in [0.717, 1.165) is 153 Å². The Bertz CT molecular complexity index is 2670. The zero-order valence-electron chi connectivity index (χ0n) is 41.8. The van der Waals surface area contributed by atoms with Gasteiger partial charge >= 0.3 is 0 Å². The highest BCUT2D eigenvalue weighted by Gasteiger charge is 2.43. The second-order valence-electron chi connectivity index (χ2n) is 21.3. The van der Waals surface area contributed by atoms with Crippen LogP contribution in [0.5, 0.6) is 0 Å². The molecular weight excluding hydrogens is 1120 g/mol. The summed E-state index contributed by atoms with van der Waals surface area (Å²) in [5.41, 5.74) is 8.73. The molecule has 0 saturated carbocycles. The summed E-state index contributed by atoms with van der Waals surface area (Å²) in [4.78, 5) is 57.3. The average Bonchev–Trinajstić information content (AvgIpc) is 3.64. The Labute approximate surface area is 461 Å². The van der Waals surface area contributed by atoms with Crippen LogP contribution in [-0.4, -0.2) is 106 Å². The van der Waals surface area contributed by atoms with Gasteiger partial charge in [-0.25, -0.2) is 0 Å².